The zero-order chi connectivity index (χ0) is 22.4. The number of hydrogen-bond donors (Lipinski definition) is 2. The van der Waals surface area contributed by atoms with Crippen LogP contribution in [0.25, 0.3) is 5.65 Å². The molecular formula is C21H22F2N6O3. The van der Waals surface area contributed by atoms with Gasteiger partial charge in [0.2, 0.25) is 5.88 Å². The van der Waals surface area contributed by atoms with Crippen molar-refractivity contribution in [2.24, 2.45) is 5.73 Å². The van der Waals surface area contributed by atoms with Crippen LogP contribution in [0.1, 0.15) is 47.6 Å². The molecule has 4 atom stereocenters. The second kappa shape index (κ2) is 7.97. The van der Waals surface area contributed by atoms with Gasteiger partial charge in [0.25, 0.3) is 0 Å². The first-order chi connectivity index (χ1) is 15.4. The minimum atomic E-state index is -1.18. The van der Waals surface area contributed by atoms with Gasteiger partial charge in [-0.15, -0.1) is 0 Å². The zero-order valence-corrected chi connectivity index (χ0v) is 17.1. The molecule has 0 aromatic carbocycles. The smallest absolute Gasteiger partial charge is 0.341 e. The van der Waals surface area contributed by atoms with Crippen LogP contribution in [0, 0.1) is 5.82 Å². The molecule has 1 saturated heterocycles. The Kier molecular flexibility index (Phi) is 5.12. The molecule has 4 heterocycles. The van der Waals surface area contributed by atoms with Gasteiger partial charge in [-0.05, 0) is 31.4 Å². The normalized spacial score (nSPS) is 25.5. The van der Waals surface area contributed by atoms with Gasteiger partial charge in [-0.3, -0.25) is 0 Å². The van der Waals surface area contributed by atoms with Crippen LogP contribution in [-0.4, -0.2) is 55.5 Å². The van der Waals surface area contributed by atoms with Gasteiger partial charge in [0.05, 0.1) is 25.0 Å². The number of carboxylic acids is 1. The maximum absolute atomic E-state index is 14.6. The summed E-state index contributed by atoms with van der Waals surface area (Å²) in [6.07, 6.45) is 4.93. The van der Waals surface area contributed by atoms with Gasteiger partial charge in [-0.2, -0.15) is 5.10 Å². The highest BCUT2D eigenvalue weighted by Crippen LogP contribution is 2.41. The van der Waals surface area contributed by atoms with Gasteiger partial charge in [-0.25, -0.2) is 28.1 Å². The first-order valence-corrected chi connectivity index (χ1v) is 10.4. The monoisotopic (exact) mass is 444 g/mol. The number of aromatic nitrogens is 4. The quantitative estimate of drug-likeness (QED) is 0.616. The minimum absolute atomic E-state index is 0.0225. The molecule has 168 valence electrons. The van der Waals surface area contributed by atoms with E-state index in [4.69, 9.17) is 10.5 Å². The molecule has 5 rings (SSSR count). The molecule has 3 aromatic heterocycles. The van der Waals surface area contributed by atoms with Gasteiger partial charge in [0.1, 0.15) is 29.5 Å². The molecule has 0 bridgehead atoms. The van der Waals surface area contributed by atoms with Crippen LogP contribution in [0.3, 0.4) is 0 Å². The average molecular weight is 444 g/mol. The summed E-state index contributed by atoms with van der Waals surface area (Å²) < 4.78 is 36.2. The fraction of sp³-hybridized carbons (Fsp3) is 0.429. The number of carboxylic acid groups (broad SMARTS) is 1. The predicted octanol–water partition coefficient (Wildman–Crippen LogP) is 2.51. The highest BCUT2D eigenvalue weighted by Gasteiger charge is 2.37. The van der Waals surface area contributed by atoms with E-state index in [9.17, 15) is 18.7 Å². The van der Waals surface area contributed by atoms with Crippen molar-refractivity contribution in [3.8, 4) is 5.88 Å². The summed E-state index contributed by atoms with van der Waals surface area (Å²) in [5.41, 5.74) is 6.49. The van der Waals surface area contributed by atoms with E-state index in [1.165, 1.54) is 16.8 Å². The zero-order valence-electron chi connectivity index (χ0n) is 17.1. The molecule has 3 aromatic rings. The number of ether oxygens (including phenoxy) is 1. The third-order valence-electron chi connectivity index (χ3n) is 6.04. The van der Waals surface area contributed by atoms with Crippen LogP contribution in [0.15, 0.2) is 30.7 Å². The number of fused-ring (bicyclic) bond motifs is 1. The molecule has 0 unspecified atom stereocenters. The van der Waals surface area contributed by atoms with E-state index < -0.39 is 24.0 Å². The van der Waals surface area contributed by atoms with Gasteiger partial charge in [0.15, 0.2) is 5.65 Å². The van der Waals surface area contributed by atoms with E-state index >= 15 is 0 Å². The van der Waals surface area contributed by atoms with Crippen molar-refractivity contribution in [3.05, 3.63) is 47.7 Å². The molecule has 3 N–H and O–H groups in total. The average Bonchev–Trinajstić information content (AvgIpc) is 3.47. The Morgan fingerprint density at radius 2 is 2.12 bits per heavy atom. The van der Waals surface area contributed by atoms with Crippen LogP contribution in [0.2, 0.25) is 0 Å². The van der Waals surface area contributed by atoms with Gasteiger partial charge in [-0.1, -0.05) is 0 Å². The summed E-state index contributed by atoms with van der Waals surface area (Å²) in [7, 11) is 0. The lowest BCUT2D eigenvalue weighted by Gasteiger charge is -2.27. The Morgan fingerprint density at radius 1 is 1.28 bits per heavy atom. The maximum Gasteiger partial charge on any atom is 0.341 e. The number of nitrogens with two attached hydrogens (primary N) is 1. The van der Waals surface area contributed by atoms with E-state index in [1.807, 2.05) is 0 Å². The van der Waals surface area contributed by atoms with Crippen LogP contribution < -0.4 is 15.4 Å². The summed E-state index contributed by atoms with van der Waals surface area (Å²) in [6, 6.07) is 2.41. The van der Waals surface area contributed by atoms with Crippen LogP contribution in [0.5, 0.6) is 5.88 Å². The van der Waals surface area contributed by atoms with Crippen molar-refractivity contribution in [1.29, 1.82) is 0 Å². The van der Waals surface area contributed by atoms with Crippen LogP contribution >= 0.6 is 0 Å². The third-order valence-corrected chi connectivity index (χ3v) is 6.04. The topological polar surface area (TPSA) is 119 Å². The van der Waals surface area contributed by atoms with E-state index in [0.29, 0.717) is 17.8 Å². The van der Waals surface area contributed by atoms with Gasteiger partial charge >= 0.3 is 5.97 Å². The Bertz CT molecular complexity index is 1170. The number of hydrogen-bond acceptors (Lipinski definition) is 7. The Morgan fingerprint density at radius 3 is 2.88 bits per heavy atom. The van der Waals surface area contributed by atoms with Crippen LogP contribution in [0.4, 0.5) is 14.6 Å². The molecule has 1 saturated carbocycles. The number of carbonyl (C=O) groups is 1. The van der Waals surface area contributed by atoms with Gasteiger partial charge in [0, 0.05) is 24.2 Å². The Balaban J connectivity index is 1.52. The molecule has 1 aliphatic carbocycles. The molecule has 9 nitrogen and oxygen atoms in total. The summed E-state index contributed by atoms with van der Waals surface area (Å²) in [4.78, 5) is 21.7. The van der Waals surface area contributed by atoms with E-state index in [1.54, 1.807) is 17.2 Å². The molecule has 0 spiro atoms. The molecule has 11 heteroatoms. The molecule has 2 fully saturated rings. The molecule has 1 aliphatic heterocycles. The number of halogens is 2. The minimum Gasteiger partial charge on any atom is -0.477 e. The summed E-state index contributed by atoms with van der Waals surface area (Å²) in [6.45, 7) is 0.0225. The SMILES string of the molecule is N[C@H]1CC[C@@H](Oc2ncc(F)cc2[C@H]2C[C@H](F)CN2c2ccn3ncc(C(=O)O)c3n2)C1. The number of rotatable bonds is 5. The maximum atomic E-state index is 14.6. The fourth-order valence-electron chi connectivity index (χ4n) is 4.52. The highest BCUT2D eigenvalue weighted by molar-refractivity contribution is 5.94. The van der Waals surface area contributed by atoms with Crippen molar-refractivity contribution in [3.63, 3.8) is 0 Å². The van der Waals surface area contributed by atoms with E-state index in [2.05, 4.69) is 15.1 Å². The van der Waals surface area contributed by atoms with E-state index in [-0.39, 0.29) is 42.2 Å². The first-order valence-electron chi connectivity index (χ1n) is 10.4. The molecular weight excluding hydrogens is 422 g/mol. The second-order valence-corrected chi connectivity index (χ2v) is 8.28. The van der Waals surface area contributed by atoms with Crippen molar-refractivity contribution in [1.82, 2.24) is 19.6 Å². The Labute approximate surface area is 181 Å². The summed E-state index contributed by atoms with van der Waals surface area (Å²) in [5, 5.41) is 13.4. The lowest BCUT2D eigenvalue weighted by molar-refractivity contribution is 0.0698. The predicted molar refractivity (Wildman–Crippen MR) is 110 cm³/mol. The lowest BCUT2D eigenvalue weighted by Crippen LogP contribution is -2.26. The number of pyridine rings is 1. The number of nitrogens with zero attached hydrogens (tertiary/aromatic N) is 5. The Hall–Kier alpha value is -3.34. The lowest BCUT2D eigenvalue weighted by atomic mass is 10.1. The van der Waals surface area contributed by atoms with Crippen LogP contribution in [-0.2, 0) is 0 Å². The number of alkyl halides is 1. The third kappa shape index (κ3) is 3.72. The first kappa shape index (κ1) is 20.6. The summed E-state index contributed by atoms with van der Waals surface area (Å²) in [5.74, 6) is -1.09. The van der Waals surface area contributed by atoms with Gasteiger partial charge < -0.3 is 20.5 Å². The number of anilines is 1. The largest absolute Gasteiger partial charge is 0.477 e. The van der Waals surface area contributed by atoms with E-state index in [0.717, 1.165) is 19.0 Å². The van der Waals surface area contributed by atoms with Crippen molar-refractivity contribution in [2.75, 3.05) is 11.4 Å². The molecule has 0 radical (unpaired) electrons. The van der Waals surface area contributed by atoms with Crippen molar-refractivity contribution >= 4 is 17.4 Å². The van der Waals surface area contributed by atoms with Crippen molar-refractivity contribution in [2.45, 2.75) is 50.0 Å². The standard InChI is InChI=1S/C21H22F2N6O3/c22-11-5-15(20(25-8-11)32-14-2-1-13(24)7-14)17-6-12(23)10-28(17)18-3-4-29-19(27-18)16(9-26-29)21(30)31/h3-5,8-9,12-14,17H,1-2,6-7,10,24H2,(H,30,31)/t12-,13-,14+,17+/m0/s1. The second-order valence-electron chi connectivity index (χ2n) is 8.28. The summed E-state index contributed by atoms with van der Waals surface area (Å²) >= 11 is 0. The molecule has 32 heavy (non-hydrogen) atoms. The molecule has 2 aliphatic rings. The highest BCUT2D eigenvalue weighted by atomic mass is 19.1. The fourth-order valence-corrected chi connectivity index (χ4v) is 4.52. The van der Waals surface area contributed by atoms with Crippen molar-refractivity contribution < 1.29 is 23.4 Å². The molecule has 0 amide bonds. The number of aromatic carboxylic acids is 1.